The molecule has 2 aromatic rings. The molecular formula is C12H12N2O3. The van der Waals surface area contributed by atoms with Crippen LogP contribution < -0.4 is 5.32 Å². The van der Waals surface area contributed by atoms with Crippen molar-refractivity contribution in [1.82, 2.24) is 5.16 Å². The summed E-state index contributed by atoms with van der Waals surface area (Å²) in [5.74, 6) is 0.439. The first-order chi connectivity index (χ1) is 8.08. The summed E-state index contributed by atoms with van der Waals surface area (Å²) in [4.78, 5) is 10.7. The summed E-state index contributed by atoms with van der Waals surface area (Å²) in [6, 6.07) is 7.59. The topological polar surface area (TPSA) is 75.4 Å². The minimum absolute atomic E-state index is 0.392. The van der Waals surface area contributed by atoms with Crippen molar-refractivity contribution in [2.24, 2.45) is 0 Å². The lowest BCUT2D eigenvalue weighted by Crippen LogP contribution is -2.08. The fraction of sp³-hybridized carbons (Fsp3) is 0.167. The van der Waals surface area contributed by atoms with E-state index in [-0.39, 0.29) is 0 Å². The summed E-state index contributed by atoms with van der Waals surface area (Å²) < 4.78 is 5.16. The molecule has 0 unspecified atom stereocenters. The highest BCUT2D eigenvalue weighted by Crippen LogP contribution is 2.31. The highest BCUT2D eigenvalue weighted by atomic mass is 16.5. The Balaban J connectivity index is 2.48. The number of rotatable bonds is 2. The van der Waals surface area contributed by atoms with Gasteiger partial charge in [-0.2, -0.15) is 0 Å². The fourth-order valence-corrected chi connectivity index (χ4v) is 1.61. The number of nitrogens with one attached hydrogen (secondary N) is 1. The molecule has 1 aromatic carbocycles. The highest BCUT2D eigenvalue weighted by Gasteiger charge is 2.16. The van der Waals surface area contributed by atoms with Crippen LogP contribution in [0.1, 0.15) is 11.3 Å². The first-order valence-corrected chi connectivity index (χ1v) is 5.11. The van der Waals surface area contributed by atoms with Gasteiger partial charge in [0.2, 0.25) is 0 Å². The number of benzene rings is 1. The van der Waals surface area contributed by atoms with E-state index in [9.17, 15) is 4.79 Å². The predicted octanol–water partition coefficient (Wildman–Crippen LogP) is 3.05. The van der Waals surface area contributed by atoms with Crippen LogP contribution in [0.25, 0.3) is 11.3 Å². The molecular weight excluding hydrogens is 220 g/mol. The minimum Gasteiger partial charge on any atom is -0.465 e. The SMILES string of the molecule is Cc1cccc(-c2onc(C)c2NC(=O)O)c1. The summed E-state index contributed by atoms with van der Waals surface area (Å²) in [5, 5.41) is 14.8. The van der Waals surface area contributed by atoms with Gasteiger partial charge in [-0.3, -0.25) is 5.32 Å². The molecule has 0 aliphatic rings. The van der Waals surface area contributed by atoms with E-state index < -0.39 is 6.09 Å². The van der Waals surface area contributed by atoms with Crippen LogP contribution in [0.5, 0.6) is 0 Å². The lowest BCUT2D eigenvalue weighted by Gasteiger charge is -2.02. The molecule has 0 aliphatic carbocycles. The van der Waals surface area contributed by atoms with Crippen molar-refractivity contribution in [2.75, 3.05) is 5.32 Å². The van der Waals surface area contributed by atoms with E-state index in [1.165, 1.54) is 0 Å². The van der Waals surface area contributed by atoms with Crippen molar-refractivity contribution in [3.8, 4) is 11.3 Å². The van der Waals surface area contributed by atoms with Crippen LogP contribution in [0, 0.1) is 13.8 Å². The van der Waals surface area contributed by atoms with Gasteiger partial charge in [0.15, 0.2) is 5.76 Å². The van der Waals surface area contributed by atoms with Gasteiger partial charge < -0.3 is 9.63 Å². The quantitative estimate of drug-likeness (QED) is 0.834. The van der Waals surface area contributed by atoms with Crippen LogP contribution in [-0.2, 0) is 0 Å². The summed E-state index contributed by atoms with van der Waals surface area (Å²) in [6.45, 7) is 3.64. The van der Waals surface area contributed by atoms with Crippen LogP contribution >= 0.6 is 0 Å². The number of carbonyl (C=O) groups is 1. The number of aromatic nitrogens is 1. The maximum Gasteiger partial charge on any atom is 0.409 e. The second kappa shape index (κ2) is 4.29. The molecule has 0 fully saturated rings. The van der Waals surface area contributed by atoms with Crippen LogP contribution in [0.2, 0.25) is 0 Å². The van der Waals surface area contributed by atoms with Gasteiger partial charge in [0.1, 0.15) is 11.4 Å². The Morgan fingerprint density at radius 3 is 2.82 bits per heavy atom. The summed E-state index contributed by atoms with van der Waals surface area (Å²) in [5.41, 5.74) is 2.78. The summed E-state index contributed by atoms with van der Waals surface area (Å²) in [7, 11) is 0. The molecule has 1 heterocycles. The van der Waals surface area contributed by atoms with E-state index in [0.717, 1.165) is 11.1 Å². The van der Waals surface area contributed by atoms with Gasteiger partial charge in [0.05, 0.1) is 0 Å². The second-order valence-electron chi connectivity index (χ2n) is 3.77. The van der Waals surface area contributed by atoms with Gasteiger partial charge in [-0.15, -0.1) is 0 Å². The summed E-state index contributed by atoms with van der Waals surface area (Å²) >= 11 is 0. The van der Waals surface area contributed by atoms with Crippen LogP contribution in [-0.4, -0.2) is 16.4 Å². The standard InChI is InChI=1S/C12H12N2O3/c1-7-4-3-5-9(6-7)11-10(13-12(15)16)8(2)14-17-11/h3-6,13H,1-2H3,(H,15,16). The number of anilines is 1. The van der Waals surface area contributed by atoms with Crippen LogP contribution in [0.4, 0.5) is 10.5 Å². The first-order valence-electron chi connectivity index (χ1n) is 5.11. The van der Waals surface area contributed by atoms with Gasteiger partial charge >= 0.3 is 6.09 Å². The fourth-order valence-electron chi connectivity index (χ4n) is 1.61. The first kappa shape index (κ1) is 11.2. The molecule has 0 aliphatic heterocycles. The van der Waals surface area contributed by atoms with Crippen molar-refractivity contribution < 1.29 is 14.4 Å². The Kier molecular flexibility index (Phi) is 2.82. The molecule has 0 radical (unpaired) electrons. The molecule has 0 spiro atoms. The molecule has 5 nitrogen and oxygen atoms in total. The zero-order valence-corrected chi connectivity index (χ0v) is 9.52. The third kappa shape index (κ3) is 2.28. The molecule has 0 saturated carbocycles. The molecule has 5 heteroatoms. The maximum absolute atomic E-state index is 10.7. The van der Waals surface area contributed by atoms with Gasteiger partial charge in [0.25, 0.3) is 0 Å². The third-order valence-electron chi connectivity index (χ3n) is 2.37. The van der Waals surface area contributed by atoms with Crippen molar-refractivity contribution >= 4 is 11.8 Å². The Labute approximate surface area is 98.1 Å². The second-order valence-corrected chi connectivity index (χ2v) is 3.77. The molecule has 17 heavy (non-hydrogen) atoms. The third-order valence-corrected chi connectivity index (χ3v) is 2.37. The van der Waals surface area contributed by atoms with Crippen molar-refractivity contribution in [1.29, 1.82) is 0 Å². The predicted molar refractivity (Wildman–Crippen MR) is 63.1 cm³/mol. The minimum atomic E-state index is -1.13. The van der Waals surface area contributed by atoms with E-state index in [4.69, 9.17) is 9.63 Å². The molecule has 1 amide bonds. The average molecular weight is 232 g/mol. The van der Waals surface area contributed by atoms with Crippen LogP contribution in [0.3, 0.4) is 0 Å². The van der Waals surface area contributed by atoms with Gasteiger partial charge in [-0.05, 0) is 19.9 Å². The maximum atomic E-state index is 10.7. The molecule has 88 valence electrons. The average Bonchev–Trinajstić information content (AvgIpc) is 2.60. The highest BCUT2D eigenvalue weighted by molar-refractivity contribution is 5.89. The van der Waals surface area contributed by atoms with Gasteiger partial charge in [-0.25, -0.2) is 4.79 Å². The van der Waals surface area contributed by atoms with E-state index >= 15 is 0 Å². The van der Waals surface area contributed by atoms with Crippen molar-refractivity contribution in [2.45, 2.75) is 13.8 Å². The van der Waals surface area contributed by atoms with E-state index in [0.29, 0.717) is 17.1 Å². The van der Waals surface area contributed by atoms with Crippen LogP contribution in [0.15, 0.2) is 28.8 Å². The number of carboxylic acid groups (broad SMARTS) is 1. The zero-order valence-electron chi connectivity index (χ0n) is 9.52. The Morgan fingerprint density at radius 2 is 2.18 bits per heavy atom. The number of amides is 1. The normalized spacial score (nSPS) is 10.2. The van der Waals surface area contributed by atoms with Gasteiger partial charge in [-0.1, -0.05) is 28.9 Å². The smallest absolute Gasteiger partial charge is 0.409 e. The molecule has 0 atom stereocenters. The number of hydrogen-bond donors (Lipinski definition) is 2. The molecule has 1 aromatic heterocycles. The molecule has 0 bridgehead atoms. The molecule has 2 N–H and O–H groups in total. The number of hydrogen-bond acceptors (Lipinski definition) is 3. The van der Waals surface area contributed by atoms with E-state index in [1.807, 2.05) is 31.2 Å². The van der Waals surface area contributed by atoms with E-state index in [1.54, 1.807) is 6.92 Å². The van der Waals surface area contributed by atoms with Gasteiger partial charge in [0, 0.05) is 5.56 Å². The lowest BCUT2D eigenvalue weighted by atomic mass is 10.1. The largest absolute Gasteiger partial charge is 0.465 e. The monoisotopic (exact) mass is 232 g/mol. The molecule has 0 saturated heterocycles. The Hall–Kier alpha value is -2.30. The Bertz CT molecular complexity index is 561. The molecule has 2 rings (SSSR count). The Morgan fingerprint density at radius 1 is 1.41 bits per heavy atom. The van der Waals surface area contributed by atoms with Crippen molar-refractivity contribution in [3.63, 3.8) is 0 Å². The van der Waals surface area contributed by atoms with E-state index in [2.05, 4.69) is 10.5 Å². The van der Waals surface area contributed by atoms with Crippen molar-refractivity contribution in [3.05, 3.63) is 35.5 Å². The number of aryl methyl sites for hydroxylation is 2. The summed E-state index contributed by atoms with van der Waals surface area (Å²) in [6.07, 6.45) is -1.13. The zero-order chi connectivity index (χ0) is 12.4. The number of nitrogens with zero attached hydrogens (tertiary/aromatic N) is 1. The lowest BCUT2D eigenvalue weighted by molar-refractivity contribution is 0.209.